The van der Waals surface area contributed by atoms with E-state index in [-0.39, 0.29) is 0 Å². The van der Waals surface area contributed by atoms with Crippen molar-refractivity contribution in [2.75, 3.05) is 0 Å². The molecule has 1 aliphatic carbocycles. The first-order valence-corrected chi connectivity index (χ1v) is 5.18. The van der Waals surface area contributed by atoms with Gasteiger partial charge in [0.25, 0.3) is 5.79 Å². The highest BCUT2D eigenvalue weighted by Gasteiger charge is 2.47. The molecule has 0 heterocycles. The van der Waals surface area contributed by atoms with Crippen LogP contribution in [0.1, 0.15) is 11.1 Å². The van der Waals surface area contributed by atoms with Crippen molar-refractivity contribution in [2.45, 2.75) is 5.79 Å². The van der Waals surface area contributed by atoms with E-state index in [1.165, 1.54) is 0 Å². The molecule has 4 nitrogen and oxygen atoms in total. The van der Waals surface area contributed by atoms with Crippen LogP contribution in [0.5, 0.6) is 0 Å². The molecule has 4 heteroatoms. The normalized spacial score (nSPS) is 15.4. The van der Waals surface area contributed by atoms with Crippen LogP contribution < -0.4 is 0 Å². The van der Waals surface area contributed by atoms with Gasteiger partial charge in [0.2, 0.25) is 0 Å². The van der Waals surface area contributed by atoms with Crippen molar-refractivity contribution in [2.24, 2.45) is 0 Å². The van der Waals surface area contributed by atoms with E-state index < -0.39 is 5.79 Å². The van der Waals surface area contributed by atoms with Gasteiger partial charge in [-0.15, -0.1) is 0 Å². The Morgan fingerprint density at radius 2 is 1.12 bits per heavy atom. The lowest BCUT2D eigenvalue weighted by atomic mass is 10.0. The molecule has 2 N–H and O–H groups in total. The Bertz CT molecular complexity index is 513. The Hall–Kier alpha value is -1.72. The van der Waals surface area contributed by atoms with Crippen molar-refractivity contribution in [3.63, 3.8) is 0 Å². The summed E-state index contributed by atoms with van der Waals surface area (Å²) >= 11 is 0. The van der Waals surface area contributed by atoms with Crippen LogP contribution in [0.3, 0.4) is 0 Å². The van der Waals surface area contributed by atoms with Gasteiger partial charge in [0.05, 0.1) is 0 Å². The molecule has 0 fully saturated rings. The molecule has 0 saturated heterocycles. The number of rotatable bonds is 2. The van der Waals surface area contributed by atoms with Crippen LogP contribution in [0.25, 0.3) is 11.1 Å². The summed E-state index contributed by atoms with van der Waals surface area (Å²) in [5.41, 5.74) is 2.88. The van der Waals surface area contributed by atoms with E-state index in [0.29, 0.717) is 11.1 Å². The fourth-order valence-corrected chi connectivity index (χ4v) is 2.37. The lowest BCUT2D eigenvalue weighted by Crippen LogP contribution is -2.30. The van der Waals surface area contributed by atoms with Gasteiger partial charge in [0.1, 0.15) is 0 Å². The summed E-state index contributed by atoms with van der Waals surface area (Å²) in [5.74, 6) is -1.65. The Balaban J connectivity index is 2.38. The summed E-state index contributed by atoms with van der Waals surface area (Å²) in [4.78, 5) is 8.86. The maximum absolute atomic E-state index is 9.13. The number of hydrogen-bond donors (Lipinski definition) is 2. The van der Waals surface area contributed by atoms with E-state index in [0.717, 1.165) is 11.1 Å². The molecule has 0 unspecified atom stereocenters. The third-order valence-electron chi connectivity index (χ3n) is 3.11. The summed E-state index contributed by atoms with van der Waals surface area (Å²) in [6.45, 7) is 0. The first kappa shape index (κ1) is 10.4. The van der Waals surface area contributed by atoms with Gasteiger partial charge >= 0.3 is 0 Å². The van der Waals surface area contributed by atoms with Crippen molar-refractivity contribution in [3.05, 3.63) is 59.7 Å². The third-order valence-corrected chi connectivity index (χ3v) is 3.11. The second kappa shape index (κ2) is 3.65. The summed E-state index contributed by atoms with van der Waals surface area (Å²) in [6.07, 6.45) is 0. The molecule has 3 rings (SSSR count). The molecule has 0 spiro atoms. The minimum absolute atomic E-state index is 0.575. The molecule has 2 aromatic rings. The largest absolute Gasteiger partial charge is 0.284 e. The quantitative estimate of drug-likeness (QED) is 0.473. The fraction of sp³-hybridized carbons (Fsp3) is 0.0769. The van der Waals surface area contributed by atoms with Gasteiger partial charge < -0.3 is 0 Å². The lowest BCUT2D eigenvalue weighted by molar-refractivity contribution is -0.478. The number of fused-ring (bicyclic) bond motifs is 3. The molecule has 17 heavy (non-hydrogen) atoms. The van der Waals surface area contributed by atoms with Crippen LogP contribution >= 0.6 is 0 Å². The molecule has 0 saturated carbocycles. The van der Waals surface area contributed by atoms with Crippen molar-refractivity contribution < 1.29 is 20.3 Å². The predicted molar refractivity (Wildman–Crippen MR) is 60.1 cm³/mol. The van der Waals surface area contributed by atoms with Crippen molar-refractivity contribution in [1.82, 2.24) is 0 Å². The zero-order chi connectivity index (χ0) is 11.9. The second-order valence-corrected chi connectivity index (χ2v) is 3.89. The van der Waals surface area contributed by atoms with Crippen LogP contribution in [0.4, 0.5) is 0 Å². The Morgan fingerprint density at radius 1 is 0.706 bits per heavy atom. The van der Waals surface area contributed by atoms with Crippen LogP contribution in [0.2, 0.25) is 0 Å². The van der Waals surface area contributed by atoms with E-state index in [4.69, 9.17) is 10.5 Å². The molecule has 0 radical (unpaired) electrons. The van der Waals surface area contributed by atoms with Gasteiger partial charge in [-0.25, -0.2) is 10.5 Å². The van der Waals surface area contributed by atoms with Gasteiger partial charge in [-0.1, -0.05) is 48.5 Å². The number of benzene rings is 2. The molecule has 1 aliphatic rings. The van der Waals surface area contributed by atoms with Crippen molar-refractivity contribution in [3.8, 4) is 11.1 Å². The molecule has 0 aromatic heterocycles. The summed E-state index contributed by atoms with van der Waals surface area (Å²) in [6, 6.07) is 14.6. The summed E-state index contributed by atoms with van der Waals surface area (Å²) in [7, 11) is 0. The van der Waals surface area contributed by atoms with Gasteiger partial charge in [0.15, 0.2) is 0 Å². The van der Waals surface area contributed by atoms with Crippen LogP contribution in [-0.4, -0.2) is 10.5 Å². The highest BCUT2D eigenvalue weighted by molar-refractivity contribution is 5.79. The zero-order valence-corrected chi connectivity index (χ0v) is 8.83. The molecule has 0 bridgehead atoms. The van der Waals surface area contributed by atoms with E-state index >= 15 is 0 Å². The maximum atomic E-state index is 9.13. The van der Waals surface area contributed by atoms with Crippen LogP contribution in [0, 0.1) is 0 Å². The summed E-state index contributed by atoms with van der Waals surface area (Å²) < 4.78 is 0. The maximum Gasteiger partial charge on any atom is 0.284 e. The molecule has 0 aliphatic heterocycles. The third kappa shape index (κ3) is 1.20. The lowest BCUT2D eigenvalue weighted by Gasteiger charge is -2.23. The molecule has 2 aromatic carbocycles. The smallest absolute Gasteiger partial charge is 0.248 e. The Kier molecular flexibility index (Phi) is 2.24. The molecule has 0 atom stereocenters. The van der Waals surface area contributed by atoms with Crippen LogP contribution in [-0.2, 0) is 15.6 Å². The zero-order valence-electron chi connectivity index (χ0n) is 8.83. The van der Waals surface area contributed by atoms with E-state index in [1.807, 2.05) is 24.3 Å². The number of hydrogen-bond acceptors (Lipinski definition) is 4. The highest BCUT2D eigenvalue weighted by Crippen LogP contribution is 2.49. The highest BCUT2D eigenvalue weighted by atomic mass is 17.2. The van der Waals surface area contributed by atoms with E-state index in [2.05, 4.69) is 9.78 Å². The minimum Gasteiger partial charge on any atom is -0.248 e. The van der Waals surface area contributed by atoms with E-state index in [9.17, 15) is 0 Å². The molecular formula is C13H10O4. The first-order valence-electron chi connectivity index (χ1n) is 5.18. The average molecular weight is 230 g/mol. The van der Waals surface area contributed by atoms with Gasteiger partial charge in [-0.3, -0.25) is 0 Å². The minimum atomic E-state index is -1.65. The second-order valence-electron chi connectivity index (χ2n) is 3.89. The Morgan fingerprint density at radius 3 is 1.53 bits per heavy atom. The topological polar surface area (TPSA) is 58.9 Å². The fourth-order valence-electron chi connectivity index (χ4n) is 2.37. The first-order chi connectivity index (χ1) is 8.33. The summed E-state index contributed by atoms with van der Waals surface area (Å²) in [5, 5.41) is 18.3. The monoisotopic (exact) mass is 230 g/mol. The molecular weight excluding hydrogens is 220 g/mol. The SMILES string of the molecule is OOC1(OO)c2ccccc2-c2ccccc21. The molecule has 86 valence electrons. The van der Waals surface area contributed by atoms with Gasteiger partial charge in [-0.05, 0) is 11.1 Å². The predicted octanol–water partition coefficient (Wildman–Crippen LogP) is 2.85. The standard InChI is InChI=1S/C13H10O4/c14-16-13(17-15)11-7-3-1-5-9(11)10-6-2-4-8-12(10)13/h1-8,14-15H. The Labute approximate surface area is 97.5 Å². The van der Waals surface area contributed by atoms with Crippen LogP contribution in [0.15, 0.2) is 48.5 Å². The van der Waals surface area contributed by atoms with E-state index in [1.54, 1.807) is 24.3 Å². The van der Waals surface area contributed by atoms with Crippen molar-refractivity contribution >= 4 is 0 Å². The van der Waals surface area contributed by atoms with Gasteiger partial charge in [0, 0.05) is 11.1 Å². The molecule has 0 amide bonds. The van der Waals surface area contributed by atoms with Gasteiger partial charge in [-0.2, -0.15) is 9.78 Å². The van der Waals surface area contributed by atoms with Crippen molar-refractivity contribution in [1.29, 1.82) is 0 Å². The average Bonchev–Trinajstić information content (AvgIpc) is 2.70.